The lowest BCUT2D eigenvalue weighted by Crippen LogP contribution is -2.66. The van der Waals surface area contributed by atoms with Crippen molar-refractivity contribution in [3.63, 3.8) is 0 Å². The monoisotopic (exact) mass is 719 g/mol. The molecule has 0 spiro atoms. The van der Waals surface area contributed by atoms with Gasteiger partial charge in [0.05, 0.1) is 12.4 Å². The Kier molecular flexibility index (Phi) is 9.94. The molecular weight excluding hydrogens is 675 g/mol. The molecule has 2 aliphatic heterocycles. The summed E-state index contributed by atoms with van der Waals surface area (Å²) >= 11 is 0. The van der Waals surface area contributed by atoms with Crippen LogP contribution >= 0.6 is 0 Å². The second-order valence-electron chi connectivity index (χ2n) is 14.8. The Morgan fingerprint density at radius 2 is 1.46 bits per heavy atom. The third kappa shape index (κ3) is 6.96. The first kappa shape index (κ1) is 35.8. The van der Waals surface area contributed by atoms with Crippen LogP contribution in [0.25, 0.3) is 11.2 Å². The number of benzene rings is 3. The highest BCUT2D eigenvalue weighted by atomic mass is 28.4. The number of carbonyl (C=O) groups excluding carboxylic acids is 2. The van der Waals surface area contributed by atoms with Crippen LogP contribution in [0.4, 0.5) is 5.82 Å². The van der Waals surface area contributed by atoms with Crippen molar-refractivity contribution in [1.82, 2.24) is 19.5 Å². The molecule has 3 aromatic carbocycles. The predicted octanol–water partition coefficient (Wildman–Crippen LogP) is 5.81. The summed E-state index contributed by atoms with van der Waals surface area (Å²) < 4.78 is 28.0. The number of imidazole rings is 1. The number of Topliss-reactive ketones (excluding diaryl/α,β-unsaturated/α-hetero) is 1. The van der Waals surface area contributed by atoms with Crippen LogP contribution in [-0.2, 0) is 23.4 Å². The van der Waals surface area contributed by atoms with Crippen molar-refractivity contribution < 1.29 is 28.2 Å². The van der Waals surface area contributed by atoms with Crippen LogP contribution in [0.5, 0.6) is 0 Å². The molecule has 0 radical (unpaired) electrons. The zero-order valence-electron chi connectivity index (χ0n) is 30.2. The van der Waals surface area contributed by atoms with Gasteiger partial charge in [-0.15, -0.1) is 0 Å². The predicted molar refractivity (Wildman–Crippen MR) is 200 cm³/mol. The van der Waals surface area contributed by atoms with Crippen LogP contribution in [0, 0.1) is 0 Å². The van der Waals surface area contributed by atoms with E-state index in [0.29, 0.717) is 42.0 Å². The number of amides is 1. The van der Waals surface area contributed by atoms with Gasteiger partial charge in [-0.2, -0.15) is 0 Å². The van der Waals surface area contributed by atoms with Gasteiger partial charge in [-0.3, -0.25) is 14.2 Å². The summed E-state index contributed by atoms with van der Waals surface area (Å²) in [6.07, 6.45) is 2.14. The zero-order valence-corrected chi connectivity index (χ0v) is 31.2. The lowest BCUT2D eigenvalue weighted by Gasteiger charge is -2.43. The molecule has 11 nitrogen and oxygen atoms in total. The smallest absolute Gasteiger partial charge is 0.261 e. The van der Waals surface area contributed by atoms with Gasteiger partial charge in [-0.25, -0.2) is 15.0 Å². The van der Waals surface area contributed by atoms with Crippen molar-refractivity contribution in [3.8, 4) is 0 Å². The highest BCUT2D eigenvalue weighted by Gasteiger charge is 2.56. The summed E-state index contributed by atoms with van der Waals surface area (Å²) in [7, 11) is -2.75. The molecule has 4 heterocycles. The topological polar surface area (TPSA) is 127 Å². The maximum Gasteiger partial charge on any atom is 0.261 e. The maximum absolute atomic E-state index is 13.5. The molecule has 1 N–H and O–H groups in total. The molecule has 2 saturated heterocycles. The molecule has 1 amide bonds. The molecule has 7 rings (SSSR count). The molecule has 0 saturated carbocycles. The molecule has 0 aliphatic carbocycles. The standard InChI is InChI=1S/C40H45N5O6Si/c1-39(2,3)52(29-17-11-7-12-18-29,30-19-13-8-14-20-30)48-24-23-28(46)21-22-31-33-34(51-40(4,5)50-33)38(49-31)45-26-43-32-35(41-25-42-36(32)45)44-37(47)27-15-9-6-10-16-27/h6-20,25-26,31,33-34,38H,21-24H2,1-5H3,(H,41,42,44,47)/t31-,33-,34-,38-/m1/s1. The van der Waals surface area contributed by atoms with Crippen molar-refractivity contribution in [3.05, 3.63) is 109 Å². The number of nitrogens with one attached hydrogen (secondary N) is 1. The number of fused-ring (bicyclic) bond motifs is 2. The number of anilines is 1. The summed E-state index contributed by atoms with van der Waals surface area (Å²) in [6, 6.07) is 29.8. The van der Waals surface area contributed by atoms with Gasteiger partial charge >= 0.3 is 0 Å². The Labute approximate surface area is 304 Å². The highest BCUT2D eigenvalue weighted by Crippen LogP contribution is 2.45. The molecule has 0 unspecified atom stereocenters. The van der Waals surface area contributed by atoms with Crippen molar-refractivity contribution in [2.75, 3.05) is 11.9 Å². The minimum atomic E-state index is -2.75. The van der Waals surface area contributed by atoms with Gasteiger partial charge < -0.3 is 24.0 Å². The average Bonchev–Trinajstić information content (AvgIpc) is 3.81. The van der Waals surface area contributed by atoms with Gasteiger partial charge in [0.1, 0.15) is 24.3 Å². The number of ketones is 1. The lowest BCUT2D eigenvalue weighted by molar-refractivity contribution is -0.197. The van der Waals surface area contributed by atoms with Gasteiger partial charge in [0.2, 0.25) is 0 Å². The molecule has 4 atom stereocenters. The second-order valence-corrected chi connectivity index (χ2v) is 19.1. The lowest BCUT2D eigenvalue weighted by atomic mass is 10.0. The SMILES string of the molecule is CC1(C)O[C@@H]2[C@H](O1)[C@@H](CCC(=O)CCO[Si](c1ccccc1)(c1ccccc1)C(C)(C)C)O[C@H]2n1cnc2c(NC(=O)c3ccccc3)ncnc21. The van der Waals surface area contributed by atoms with Crippen LogP contribution in [0.15, 0.2) is 104 Å². The fourth-order valence-electron chi connectivity index (χ4n) is 7.52. The maximum atomic E-state index is 13.5. The van der Waals surface area contributed by atoms with Crippen LogP contribution in [0.2, 0.25) is 5.04 Å². The van der Waals surface area contributed by atoms with Crippen LogP contribution in [-0.4, -0.2) is 70.2 Å². The van der Waals surface area contributed by atoms with Crippen molar-refractivity contribution >= 4 is 47.4 Å². The summed E-state index contributed by atoms with van der Waals surface area (Å²) in [6.45, 7) is 10.8. The molecule has 270 valence electrons. The quantitative estimate of drug-likeness (QED) is 0.159. The number of aromatic nitrogens is 4. The minimum Gasteiger partial charge on any atom is -0.407 e. The Morgan fingerprint density at radius 1 is 0.846 bits per heavy atom. The Balaban J connectivity index is 1.04. The molecule has 2 aliphatic rings. The van der Waals surface area contributed by atoms with E-state index in [4.69, 9.17) is 18.6 Å². The van der Waals surface area contributed by atoms with Crippen LogP contribution in [0.1, 0.15) is 70.5 Å². The third-order valence-corrected chi connectivity index (χ3v) is 14.9. The van der Waals surface area contributed by atoms with E-state index < -0.39 is 38.6 Å². The van der Waals surface area contributed by atoms with Gasteiger partial charge in [-0.1, -0.05) is 99.6 Å². The van der Waals surface area contributed by atoms with E-state index >= 15 is 0 Å². The zero-order chi connectivity index (χ0) is 36.5. The van der Waals surface area contributed by atoms with E-state index in [1.54, 1.807) is 35.2 Å². The first-order valence-corrected chi connectivity index (χ1v) is 19.7. The molecule has 0 bridgehead atoms. The van der Waals surface area contributed by atoms with Gasteiger partial charge in [-0.05, 0) is 47.8 Å². The normalized spacial score (nSPS) is 21.2. The summed E-state index contributed by atoms with van der Waals surface area (Å²) in [5.74, 6) is -0.759. The van der Waals surface area contributed by atoms with E-state index in [-0.39, 0.29) is 23.1 Å². The molecule has 2 aromatic heterocycles. The van der Waals surface area contributed by atoms with Crippen molar-refractivity contribution in [1.29, 1.82) is 0 Å². The summed E-state index contributed by atoms with van der Waals surface area (Å²) in [5.41, 5.74) is 1.40. The first-order valence-electron chi connectivity index (χ1n) is 17.8. The highest BCUT2D eigenvalue weighted by molar-refractivity contribution is 6.99. The number of hydrogen-bond acceptors (Lipinski definition) is 9. The summed E-state index contributed by atoms with van der Waals surface area (Å²) in [4.78, 5) is 39.7. The molecule has 52 heavy (non-hydrogen) atoms. The van der Waals surface area contributed by atoms with Crippen molar-refractivity contribution in [2.45, 2.75) is 89.2 Å². The van der Waals surface area contributed by atoms with E-state index in [1.165, 1.54) is 16.7 Å². The number of rotatable bonds is 12. The average molecular weight is 720 g/mol. The molecule has 2 fully saturated rings. The number of hydrogen-bond donors (Lipinski definition) is 1. The van der Waals surface area contributed by atoms with Gasteiger partial charge in [0.25, 0.3) is 14.2 Å². The summed E-state index contributed by atoms with van der Waals surface area (Å²) in [5, 5.41) is 5.04. The Bertz CT molecular complexity index is 1980. The molecular formula is C40H45N5O6Si. The number of nitrogens with zero attached hydrogens (tertiary/aromatic N) is 4. The van der Waals surface area contributed by atoms with E-state index in [9.17, 15) is 9.59 Å². The third-order valence-electron chi connectivity index (χ3n) is 9.85. The fourth-order valence-corrected chi connectivity index (χ4v) is 12.1. The molecule has 12 heteroatoms. The Hall–Kier alpha value is -4.59. The van der Waals surface area contributed by atoms with E-state index in [0.717, 1.165) is 0 Å². The van der Waals surface area contributed by atoms with Crippen LogP contribution in [0.3, 0.4) is 0 Å². The first-order chi connectivity index (χ1) is 25.0. The number of carbonyl (C=O) groups is 2. The van der Waals surface area contributed by atoms with Gasteiger partial charge in [0.15, 0.2) is 29.0 Å². The Morgan fingerprint density at radius 3 is 2.10 bits per heavy atom. The minimum absolute atomic E-state index is 0.0966. The fraction of sp³-hybridized carbons (Fsp3) is 0.375. The second kappa shape index (κ2) is 14.4. The van der Waals surface area contributed by atoms with Gasteiger partial charge in [0, 0.05) is 25.0 Å². The van der Waals surface area contributed by atoms with Crippen molar-refractivity contribution in [2.24, 2.45) is 0 Å². The molecule has 5 aromatic rings. The van der Waals surface area contributed by atoms with E-state index in [1.807, 2.05) is 32.0 Å². The largest absolute Gasteiger partial charge is 0.407 e. The number of ether oxygens (including phenoxy) is 3. The van der Waals surface area contributed by atoms with E-state index in [2.05, 4.69) is 89.6 Å². The van der Waals surface area contributed by atoms with Crippen LogP contribution < -0.4 is 15.7 Å².